The molecule has 0 radical (unpaired) electrons. The quantitative estimate of drug-likeness (QED) is 0.234. The molecule has 0 saturated carbocycles. The zero-order chi connectivity index (χ0) is 30.2. The van der Waals surface area contributed by atoms with Crippen LogP contribution in [0.15, 0.2) is 97.1 Å². The van der Waals surface area contributed by atoms with E-state index in [2.05, 4.69) is 35.6 Å². The van der Waals surface area contributed by atoms with E-state index in [1.54, 1.807) is 4.90 Å². The van der Waals surface area contributed by atoms with Crippen molar-refractivity contribution < 1.29 is 23.8 Å². The minimum Gasteiger partial charge on any atom is -0.484 e. The number of likely N-dealkylation sites (tertiary alicyclic amines) is 1. The summed E-state index contributed by atoms with van der Waals surface area (Å²) >= 11 is 0. The number of hydrogen-bond acceptors (Lipinski definition) is 5. The first-order valence-corrected chi connectivity index (χ1v) is 14.8. The summed E-state index contributed by atoms with van der Waals surface area (Å²) in [5.41, 5.74) is 2.66. The number of fused-ring (bicyclic) bond motifs is 1. The highest BCUT2D eigenvalue weighted by Crippen LogP contribution is 2.33. The van der Waals surface area contributed by atoms with E-state index in [4.69, 9.17) is 14.2 Å². The Hall–Kier alpha value is -4.36. The monoisotopic (exact) mass is 580 g/mol. The van der Waals surface area contributed by atoms with Crippen molar-refractivity contribution >= 4 is 22.8 Å². The summed E-state index contributed by atoms with van der Waals surface area (Å²) in [5.74, 6) is 0.533. The van der Waals surface area contributed by atoms with Gasteiger partial charge in [0.05, 0.1) is 19.3 Å². The van der Waals surface area contributed by atoms with Crippen LogP contribution in [0.1, 0.15) is 49.8 Å². The van der Waals surface area contributed by atoms with Crippen molar-refractivity contribution in [1.29, 1.82) is 0 Å². The number of carbonyl (C=O) groups excluding carboxylic acids is 2. The molecule has 0 aromatic heterocycles. The van der Waals surface area contributed by atoms with Gasteiger partial charge in [-0.05, 0) is 72.9 Å². The fourth-order valence-electron chi connectivity index (χ4n) is 5.30. The smallest absolute Gasteiger partial charge is 0.410 e. The molecule has 1 aliphatic heterocycles. The number of nitrogens with zero attached hydrogens (tertiary/aromatic N) is 1. The van der Waals surface area contributed by atoms with E-state index >= 15 is 0 Å². The summed E-state index contributed by atoms with van der Waals surface area (Å²) in [6.45, 7) is 7.49. The van der Waals surface area contributed by atoms with Crippen LogP contribution in [0, 0.1) is 0 Å². The number of benzene rings is 4. The Kier molecular flexibility index (Phi) is 9.62. The molecule has 5 rings (SSSR count). The minimum atomic E-state index is -0.566. The van der Waals surface area contributed by atoms with E-state index < -0.39 is 5.60 Å². The number of piperidine rings is 1. The zero-order valence-electron chi connectivity index (χ0n) is 25.1. The van der Waals surface area contributed by atoms with Crippen LogP contribution in [0.2, 0.25) is 0 Å². The first-order chi connectivity index (χ1) is 20.7. The summed E-state index contributed by atoms with van der Waals surface area (Å²) in [4.78, 5) is 27.0. The summed E-state index contributed by atoms with van der Waals surface area (Å²) in [6.07, 6.45) is 0.201. The molecule has 0 bridgehead atoms. The first-order valence-electron chi connectivity index (χ1n) is 14.8. The Morgan fingerprint density at radius 1 is 0.860 bits per heavy atom. The zero-order valence-corrected chi connectivity index (χ0v) is 25.1. The lowest BCUT2D eigenvalue weighted by atomic mass is 9.87. The van der Waals surface area contributed by atoms with Crippen LogP contribution in [-0.4, -0.2) is 48.3 Å². The minimum absolute atomic E-state index is 0.0576. The second kappa shape index (κ2) is 13.7. The molecule has 1 aliphatic rings. The van der Waals surface area contributed by atoms with Crippen molar-refractivity contribution in [1.82, 2.24) is 10.2 Å². The highest BCUT2D eigenvalue weighted by molar-refractivity contribution is 5.83. The van der Waals surface area contributed by atoms with E-state index in [0.717, 1.165) is 23.1 Å². The second-order valence-electron chi connectivity index (χ2n) is 12.0. The SMILES string of the molecule is CC(C)(C)OC(=O)N1CCC(c2ccc(OCC(=O)NCc3ccccc3)cc2)C(OCc2ccc3ccccc3c2)C1. The highest BCUT2D eigenvalue weighted by atomic mass is 16.6. The molecule has 43 heavy (non-hydrogen) atoms. The molecule has 2 atom stereocenters. The molecule has 0 spiro atoms. The Labute approximate surface area is 253 Å². The fraction of sp³-hybridized carbons (Fsp3) is 0.333. The number of carbonyl (C=O) groups is 2. The Bertz CT molecular complexity index is 1510. The van der Waals surface area contributed by atoms with Gasteiger partial charge >= 0.3 is 6.09 Å². The molecule has 4 aromatic carbocycles. The van der Waals surface area contributed by atoms with Gasteiger partial charge in [0, 0.05) is 19.0 Å². The standard InChI is InChI=1S/C36H40N2O5/c1-36(2,3)43-35(40)38-20-19-32(33(23-38)42-24-27-13-14-28-11-7-8-12-30(28)21-27)29-15-17-31(18-16-29)41-25-34(39)37-22-26-9-5-4-6-10-26/h4-18,21,32-33H,19-20,22-25H2,1-3H3,(H,37,39). The lowest BCUT2D eigenvalue weighted by Crippen LogP contribution is -2.48. The van der Waals surface area contributed by atoms with Crippen molar-refractivity contribution in [3.05, 3.63) is 114 Å². The molecular formula is C36H40N2O5. The number of rotatable bonds is 9. The normalized spacial score (nSPS) is 17.0. The molecular weight excluding hydrogens is 540 g/mol. The molecule has 1 saturated heterocycles. The van der Waals surface area contributed by atoms with Crippen LogP contribution < -0.4 is 10.1 Å². The van der Waals surface area contributed by atoms with Gasteiger partial charge in [-0.3, -0.25) is 4.79 Å². The largest absolute Gasteiger partial charge is 0.484 e. The van der Waals surface area contributed by atoms with Crippen molar-refractivity contribution in [2.24, 2.45) is 0 Å². The summed E-state index contributed by atoms with van der Waals surface area (Å²) < 4.78 is 17.9. The van der Waals surface area contributed by atoms with Gasteiger partial charge in [0.15, 0.2) is 6.61 Å². The van der Waals surface area contributed by atoms with Crippen molar-refractivity contribution in [2.75, 3.05) is 19.7 Å². The second-order valence-corrected chi connectivity index (χ2v) is 12.0. The molecule has 1 fully saturated rings. The van der Waals surface area contributed by atoms with Gasteiger partial charge in [-0.25, -0.2) is 4.79 Å². The van der Waals surface area contributed by atoms with Crippen LogP contribution >= 0.6 is 0 Å². The van der Waals surface area contributed by atoms with Crippen LogP contribution in [0.5, 0.6) is 5.75 Å². The van der Waals surface area contributed by atoms with Gasteiger partial charge < -0.3 is 24.4 Å². The Morgan fingerprint density at radius 3 is 2.33 bits per heavy atom. The third kappa shape index (κ3) is 8.58. The molecule has 0 aliphatic carbocycles. The van der Waals surface area contributed by atoms with E-state index in [-0.39, 0.29) is 30.6 Å². The topological polar surface area (TPSA) is 77.1 Å². The third-order valence-corrected chi connectivity index (χ3v) is 7.50. The lowest BCUT2D eigenvalue weighted by molar-refractivity contribution is -0.123. The number of ether oxygens (including phenoxy) is 3. The number of amides is 2. The molecule has 7 heteroatoms. The average Bonchev–Trinajstić information content (AvgIpc) is 3.01. The van der Waals surface area contributed by atoms with E-state index in [1.807, 2.05) is 87.5 Å². The third-order valence-electron chi connectivity index (χ3n) is 7.50. The summed E-state index contributed by atoms with van der Waals surface area (Å²) in [7, 11) is 0. The molecule has 4 aromatic rings. The predicted octanol–water partition coefficient (Wildman–Crippen LogP) is 6.84. The van der Waals surface area contributed by atoms with Gasteiger partial charge in [-0.2, -0.15) is 0 Å². The van der Waals surface area contributed by atoms with E-state index in [1.165, 1.54) is 10.8 Å². The maximum absolute atomic E-state index is 12.9. The van der Waals surface area contributed by atoms with Gasteiger partial charge in [-0.1, -0.05) is 78.9 Å². The lowest BCUT2D eigenvalue weighted by Gasteiger charge is -2.39. The predicted molar refractivity (Wildman–Crippen MR) is 168 cm³/mol. The molecule has 1 N–H and O–H groups in total. The van der Waals surface area contributed by atoms with Crippen LogP contribution in [0.3, 0.4) is 0 Å². The van der Waals surface area contributed by atoms with Crippen LogP contribution in [0.25, 0.3) is 10.8 Å². The highest BCUT2D eigenvalue weighted by Gasteiger charge is 2.35. The molecule has 224 valence electrons. The molecule has 2 amide bonds. The maximum Gasteiger partial charge on any atom is 0.410 e. The molecule has 2 unspecified atom stereocenters. The summed E-state index contributed by atoms with van der Waals surface area (Å²) in [5, 5.41) is 5.24. The fourth-order valence-corrected chi connectivity index (χ4v) is 5.30. The first kappa shape index (κ1) is 30.1. The van der Waals surface area contributed by atoms with Crippen LogP contribution in [0.4, 0.5) is 4.79 Å². The molecule has 7 nitrogen and oxygen atoms in total. The summed E-state index contributed by atoms with van der Waals surface area (Å²) in [6, 6.07) is 32.2. The van der Waals surface area contributed by atoms with Gasteiger partial charge in [0.25, 0.3) is 5.91 Å². The number of nitrogens with one attached hydrogen (secondary N) is 1. The van der Waals surface area contributed by atoms with E-state index in [0.29, 0.717) is 32.0 Å². The van der Waals surface area contributed by atoms with Gasteiger partial charge in [-0.15, -0.1) is 0 Å². The van der Waals surface area contributed by atoms with Crippen molar-refractivity contribution in [3.63, 3.8) is 0 Å². The molecule has 1 heterocycles. The van der Waals surface area contributed by atoms with E-state index in [9.17, 15) is 9.59 Å². The van der Waals surface area contributed by atoms with Crippen LogP contribution in [-0.2, 0) is 27.4 Å². The number of hydrogen-bond donors (Lipinski definition) is 1. The Balaban J connectivity index is 1.23. The van der Waals surface area contributed by atoms with Crippen molar-refractivity contribution in [2.45, 2.75) is 58.0 Å². The average molecular weight is 581 g/mol. The van der Waals surface area contributed by atoms with Gasteiger partial charge in [0.2, 0.25) is 0 Å². The Morgan fingerprint density at radius 2 is 1.58 bits per heavy atom. The maximum atomic E-state index is 12.9. The van der Waals surface area contributed by atoms with Crippen molar-refractivity contribution in [3.8, 4) is 5.75 Å². The van der Waals surface area contributed by atoms with Gasteiger partial charge in [0.1, 0.15) is 11.4 Å².